The van der Waals surface area contributed by atoms with Gasteiger partial charge in [0.1, 0.15) is 5.82 Å². The van der Waals surface area contributed by atoms with E-state index in [1.54, 1.807) is 6.07 Å². The van der Waals surface area contributed by atoms with Crippen molar-refractivity contribution in [2.45, 2.75) is 26.7 Å². The Labute approximate surface area is 78.8 Å². The van der Waals surface area contributed by atoms with E-state index in [9.17, 15) is 4.39 Å². The van der Waals surface area contributed by atoms with Gasteiger partial charge in [-0.05, 0) is 31.0 Å². The molecule has 0 aliphatic heterocycles. The second-order valence-corrected chi connectivity index (χ2v) is 3.01. The molecule has 0 nitrogen and oxygen atoms in total. The van der Waals surface area contributed by atoms with Gasteiger partial charge in [-0.25, -0.2) is 4.39 Å². The van der Waals surface area contributed by atoms with E-state index in [-0.39, 0.29) is 5.82 Å². The molecule has 1 rings (SSSR count). The monoisotopic (exact) mass is 176 g/mol. The molecule has 0 aliphatic carbocycles. The van der Waals surface area contributed by atoms with Gasteiger partial charge in [-0.3, -0.25) is 0 Å². The van der Waals surface area contributed by atoms with Crippen LogP contribution in [0.15, 0.2) is 18.2 Å². The Morgan fingerprint density at radius 1 is 1.38 bits per heavy atom. The molecule has 0 aromatic heterocycles. The van der Waals surface area contributed by atoms with Gasteiger partial charge < -0.3 is 0 Å². The van der Waals surface area contributed by atoms with E-state index in [0.717, 1.165) is 24.0 Å². The van der Waals surface area contributed by atoms with Crippen molar-refractivity contribution in [1.29, 1.82) is 0 Å². The smallest absolute Gasteiger partial charge is 0.124 e. The largest absolute Gasteiger partial charge is 0.207 e. The quantitative estimate of drug-likeness (QED) is 0.576. The highest BCUT2D eigenvalue weighted by atomic mass is 19.1. The maximum Gasteiger partial charge on any atom is 0.124 e. The number of benzene rings is 1. The maximum atomic E-state index is 12.8. The van der Waals surface area contributed by atoms with E-state index >= 15 is 0 Å². The van der Waals surface area contributed by atoms with Gasteiger partial charge in [0.25, 0.3) is 0 Å². The second-order valence-electron chi connectivity index (χ2n) is 3.01. The van der Waals surface area contributed by atoms with Gasteiger partial charge in [-0.15, -0.1) is 0 Å². The summed E-state index contributed by atoms with van der Waals surface area (Å²) in [6.45, 7) is 4.02. The number of hydrogen-bond acceptors (Lipinski definition) is 0. The summed E-state index contributed by atoms with van der Waals surface area (Å²) in [6, 6.07) is 4.70. The molecular formula is C12H13F. The van der Waals surface area contributed by atoms with Crippen LogP contribution in [0.3, 0.4) is 0 Å². The van der Waals surface area contributed by atoms with Crippen LogP contribution in [-0.2, 0) is 0 Å². The van der Waals surface area contributed by atoms with Crippen molar-refractivity contribution in [3.63, 3.8) is 0 Å². The van der Waals surface area contributed by atoms with E-state index in [0.29, 0.717) is 0 Å². The minimum atomic E-state index is -0.216. The predicted octanol–water partition coefficient (Wildman–Crippen LogP) is 3.29. The lowest BCUT2D eigenvalue weighted by molar-refractivity contribution is 0.627. The Hall–Kier alpha value is -1.29. The average molecular weight is 176 g/mol. The van der Waals surface area contributed by atoms with Crippen LogP contribution >= 0.6 is 0 Å². The topological polar surface area (TPSA) is 0 Å². The molecule has 0 aliphatic rings. The van der Waals surface area contributed by atoms with Crippen LogP contribution in [0, 0.1) is 24.6 Å². The highest BCUT2D eigenvalue weighted by Gasteiger charge is 1.95. The van der Waals surface area contributed by atoms with Gasteiger partial charge in [0.15, 0.2) is 0 Å². The Bertz CT molecular complexity index is 342. The molecule has 0 saturated heterocycles. The summed E-state index contributed by atoms with van der Waals surface area (Å²) in [5, 5.41) is 0. The van der Waals surface area contributed by atoms with Crippen molar-refractivity contribution in [2.75, 3.05) is 0 Å². The molecule has 0 bridgehead atoms. The van der Waals surface area contributed by atoms with E-state index in [1.165, 1.54) is 12.1 Å². The standard InChI is InChI=1S/C12H13F/c1-3-4-5-6-11-9-12(13)8-7-10(11)2/h7-9H,3-4H2,1-2H3. The maximum absolute atomic E-state index is 12.8. The molecule has 0 fully saturated rings. The fourth-order valence-corrected chi connectivity index (χ4v) is 1.01. The van der Waals surface area contributed by atoms with Crippen LogP contribution < -0.4 is 0 Å². The zero-order valence-corrected chi connectivity index (χ0v) is 8.02. The molecule has 13 heavy (non-hydrogen) atoms. The lowest BCUT2D eigenvalue weighted by atomic mass is 10.1. The minimum Gasteiger partial charge on any atom is -0.207 e. The third-order valence-corrected chi connectivity index (χ3v) is 1.80. The molecule has 0 spiro atoms. The highest BCUT2D eigenvalue weighted by molar-refractivity contribution is 5.40. The lowest BCUT2D eigenvalue weighted by Crippen LogP contribution is -1.83. The molecule has 0 atom stereocenters. The first-order valence-corrected chi connectivity index (χ1v) is 4.49. The molecular weight excluding hydrogens is 163 g/mol. The van der Waals surface area contributed by atoms with Crippen molar-refractivity contribution in [3.05, 3.63) is 35.1 Å². The summed E-state index contributed by atoms with van der Waals surface area (Å²) in [4.78, 5) is 0. The van der Waals surface area contributed by atoms with Crippen LogP contribution in [0.1, 0.15) is 30.9 Å². The molecule has 0 unspecified atom stereocenters. The van der Waals surface area contributed by atoms with Gasteiger partial charge in [0.05, 0.1) is 0 Å². The average Bonchev–Trinajstić information content (AvgIpc) is 2.11. The fourth-order valence-electron chi connectivity index (χ4n) is 1.01. The summed E-state index contributed by atoms with van der Waals surface area (Å²) in [5.41, 5.74) is 1.83. The van der Waals surface area contributed by atoms with Crippen LogP contribution in [0.25, 0.3) is 0 Å². The zero-order chi connectivity index (χ0) is 9.68. The highest BCUT2D eigenvalue weighted by Crippen LogP contribution is 2.08. The molecule has 0 saturated carbocycles. The van der Waals surface area contributed by atoms with Crippen molar-refractivity contribution in [1.82, 2.24) is 0 Å². The van der Waals surface area contributed by atoms with Crippen molar-refractivity contribution in [3.8, 4) is 11.8 Å². The van der Waals surface area contributed by atoms with Crippen LogP contribution in [0.5, 0.6) is 0 Å². The molecule has 0 N–H and O–H groups in total. The van der Waals surface area contributed by atoms with Gasteiger partial charge in [-0.2, -0.15) is 0 Å². The molecule has 1 aromatic rings. The van der Waals surface area contributed by atoms with Crippen molar-refractivity contribution >= 4 is 0 Å². The SMILES string of the molecule is CCCC#Cc1cc(F)ccc1C. The predicted molar refractivity (Wildman–Crippen MR) is 52.9 cm³/mol. The Morgan fingerprint density at radius 3 is 2.85 bits per heavy atom. The number of aryl methyl sites for hydroxylation is 1. The van der Waals surface area contributed by atoms with Crippen LogP contribution in [0.4, 0.5) is 4.39 Å². The summed E-state index contributed by atoms with van der Waals surface area (Å²) in [7, 11) is 0. The number of hydrogen-bond donors (Lipinski definition) is 0. The summed E-state index contributed by atoms with van der Waals surface area (Å²) < 4.78 is 12.8. The van der Waals surface area contributed by atoms with E-state index < -0.39 is 0 Å². The third kappa shape index (κ3) is 2.91. The van der Waals surface area contributed by atoms with Crippen molar-refractivity contribution < 1.29 is 4.39 Å². The Balaban J connectivity index is 2.89. The molecule has 0 heterocycles. The number of unbranched alkanes of at least 4 members (excludes halogenated alkanes) is 1. The Kier molecular flexibility index (Phi) is 3.52. The minimum absolute atomic E-state index is 0.216. The molecule has 0 radical (unpaired) electrons. The van der Waals surface area contributed by atoms with Crippen LogP contribution in [0.2, 0.25) is 0 Å². The third-order valence-electron chi connectivity index (χ3n) is 1.80. The first-order valence-electron chi connectivity index (χ1n) is 4.49. The Morgan fingerprint density at radius 2 is 2.15 bits per heavy atom. The van der Waals surface area contributed by atoms with E-state index in [1.807, 2.05) is 6.92 Å². The van der Waals surface area contributed by atoms with Crippen LogP contribution in [-0.4, -0.2) is 0 Å². The normalized spacial score (nSPS) is 9.15. The van der Waals surface area contributed by atoms with Gasteiger partial charge in [0, 0.05) is 12.0 Å². The first-order chi connectivity index (χ1) is 6.24. The van der Waals surface area contributed by atoms with E-state index in [2.05, 4.69) is 18.8 Å². The molecule has 1 heteroatoms. The van der Waals surface area contributed by atoms with Gasteiger partial charge >= 0.3 is 0 Å². The summed E-state index contributed by atoms with van der Waals surface area (Å²) in [6.07, 6.45) is 1.91. The number of halogens is 1. The molecule has 1 aromatic carbocycles. The van der Waals surface area contributed by atoms with Gasteiger partial charge in [-0.1, -0.05) is 24.8 Å². The molecule has 68 valence electrons. The second kappa shape index (κ2) is 4.67. The summed E-state index contributed by atoms with van der Waals surface area (Å²) in [5.74, 6) is 5.75. The first kappa shape index (κ1) is 9.80. The lowest BCUT2D eigenvalue weighted by Gasteiger charge is -1.96. The van der Waals surface area contributed by atoms with Crippen molar-refractivity contribution in [2.24, 2.45) is 0 Å². The fraction of sp³-hybridized carbons (Fsp3) is 0.333. The van der Waals surface area contributed by atoms with Gasteiger partial charge in [0.2, 0.25) is 0 Å². The summed E-state index contributed by atoms with van der Waals surface area (Å²) >= 11 is 0. The zero-order valence-electron chi connectivity index (χ0n) is 8.02. The van der Waals surface area contributed by atoms with E-state index in [4.69, 9.17) is 0 Å². The number of rotatable bonds is 1. The molecule has 0 amide bonds.